The Labute approximate surface area is 90.7 Å². The summed E-state index contributed by atoms with van der Waals surface area (Å²) in [5, 5.41) is 4.14. The fraction of sp³-hybridized carbons (Fsp3) is 0.545. The Kier molecular flexibility index (Phi) is 4.91. The summed E-state index contributed by atoms with van der Waals surface area (Å²) in [6.07, 6.45) is 3.89. The molecule has 0 saturated carbocycles. The van der Waals surface area contributed by atoms with Gasteiger partial charge in [0, 0.05) is 12.2 Å². The van der Waals surface area contributed by atoms with Gasteiger partial charge in [0.25, 0.3) is 0 Å². The van der Waals surface area contributed by atoms with Gasteiger partial charge in [-0.1, -0.05) is 25.4 Å². The van der Waals surface area contributed by atoms with E-state index in [0.29, 0.717) is 11.1 Å². The van der Waals surface area contributed by atoms with Gasteiger partial charge in [0.2, 0.25) is 0 Å². The molecule has 1 atom stereocenters. The van der Waals surface area contributed by atoms with Gasteiger partial charge in [-0.05, 0) is 31.5 Å². The fourth-order valence-electron chi connectivity index (χ4n) is 1.37. The van der Waals surface area contributed by atoms with Crippen LogP contribution in [-0.4, -0.2) is 11.5 Å². The van der Waals surface area contributed by atoms with E-state index in [1.54, 1.807) is 6.20 Å². The van der Waals surface area contributed by atoms with Gasteiger partial charge >= 0.3 is 0 Å². The molecule has 0 aliphatic carbocycles. The van der Waals surface area contributed by atoms with Crippen molar-refractivity contribution in [3.63, 3.8) is 0 Å². The number of pyridine rings is 1. The molecule has 0 bridgehead atoms. The lowest BCUT2D eigenvalue weighted by Crippen LogP contribution is -2.22. The molecule has 1 unspecified atom stereocenters. The number of rotatable bonds is 5. The second kappa shape index (κ2) is 5.99. The molecule has 3 heteroatoms. The highest BCUT2D eigenvalue weighted by Crippen LogP contribution is 2.15. The van der Waals surface area contributed by atoms with Crippen LogP contribution < -0.4 is 5.32 Å². The maximum absolute atomic E-state index is 5.78. The molecule has 0 radical (unpaired) electrons. The van der Waals surface area contributed by atoms with Crippen molar-refractivity contribution in [1.82, 2.24) is 10.3 Å². The summed E-state index contributed by atoms with van der Waals surface area (Å²) in [6.45, 7) is 5.35. The Bertz CT molecular complexity index is 258. The molecule has 14 heavy (non-hydrogen) atoms. The Morgan fingerprint density at radius 1 is 1.43 bits per heavy atom. The van der Waals surface area contributed by atoms with E-state index in [2.05, 4.69) is 24.1 Å². The average molecular weight is 213 g/mol. The van der Waals surface area contributed by atoms with E-state index in [4.69, 9.17) is 11.6 Å². The van der Waals surface area contributed by atoms with Gasteiger partial charge in [0.05, 0.1) is 10.7 Å². The second-order valence-electron chi connectivity index (χ2n) is 3.32. The van der Waals surface area contributed by atoms with Crippen molar-refractivity contribution in [3.8, 4) is 0 Å². The molecular formula is C11H17ClN2. The molecule has 78 valence electrons. The Hall–Kier alpha value is -0.600. The first-order valence-electron chi connectivity index (χ1n) is 5.12. The van der Waals surface area contributed by atoms with Crippen molar-refractivity contribution in [3.05, 3.63) is 29.0 Å². The number of hydrogen-bond acceptors (Lipinski definition) is 2. The Morgan fingerprint density at radius 3 is 2.71 bits per heavy atom. The number of nitrogens with one attached hydrogen (secondary N) is 1. The molecule has 0 aromatic carbocycles. The van der Waals surface area contributed by atoms with E-state index < -0.39 is 0 Å². The quantitative estimate of drug-likeness (QED) is 0.811. The summed E-state index contributed by atoms with van der Waals surface area (Å²) < 4.78 is 0. The van der Waals surface area contributed by atoms with E-state index in [9.17, 15) is 0 Å². The summed E-state index contributed by atoms with van der Waals surface area (Å²) >= 11 is 5.78. The Balaban J connectivity index is 2.64. The maximum atomic E-state index is 5.78. The lowest BCUT2D eigenvalue weighted by atomic mass is 10.1. The number of aromatic nitrogens is 1. The van der Waals surface area contributed by atoms with Gasteiger partial charge in [-0.3, -0.25) is 4.98 Å². The standard InChI is InChI=1S/C11H17ClN2/c1-3-7-13-10(4-2)11-6-5-9(12)8-14-11/h5-6,8,10,13H,3-4,7H2,1-2H3. The van der Waals surface area contributed by atoms with Crippen LogP contribution in [0.2, 0.25) is 5.02 Å². The third-order valence-corrected chi connectivity index (χ3v) is 2.38. The second-order valence-corrected chi connectivity index (χ2v) is 3.75. The summed E-state index contributed by atoms with van der Waals surface area (Å²) in [4.78, 5) is 4.31. The van der Waals surface area contributed by atoms with Crippen LogP contribution in [0.1, 0.15) is 38.4 Å². The SMILES string of the molecule is CCCNC(CC)c1ccc(Cl)cn1. The summed E-state index contributed by atoms with van der Waals surface area (Å²) in [5.74, 6) is 0. The molecule has 0 spiro atoms. The predicted molar refractivity (Wildman–Crippen MR) is 60.6 cm³/mol. The highest BCUT2D eigenvalue weighted by Gasteiger charge is 2.08. The van der Waals surface area contributed by atoms with Crippen molar-refractivity contribution in [2.24, 2.45) is 0 Å². The first-order chi connectivity index (χ1) is 6.77. The van der Waals surface area contributed by atoms with E-state index in [1.165, 1.54) is 0 Å². The number of hydrogen-bond donors (Lipinski definition) is 1. The van der Waals surface area contributed by atoms with Crippen LogP contribution in [0.4, 0.5) is 0 Å². The molecule has 0 aliphatic rings. The first-order valence-corrected chi connectivity index (χ1v) is 5.50. The van der Waals surface area contributed by atoms with Gasteiger partial charge in [-0.15, -0.1) is 0 Å². The molecular weight excluding hydrogens is 196 g/mol. The van der Waals surface area contributed by atoms with E-state index in [-0.39, 0.29) is 0 Å². The molecule has 1 heterocycles. The van der Waals surface area contributed by atoms with Crippen LogP contribution in [-0.2, 0) is 0 Å². The van der Waals surface area contributed by atoms with E-state index >= 15 is 0 Å². The van der Waals surface area contributed by atoms with Crippen LogP contribution in [0.5, 0.6) is 0 Å². The molecule has 0 fully saturated rings. The zero-order valence-electron chi connectivity index (χ0n) is 8.76. The topological polar surface area (TPSA) is 24.9 Å². The largest absolute Gasteiger partial charge is 0.309 e. The van der Waals surface area contributed by atoms with Crippen molar-refractivity contribution in [1.29, 1.82) is 0 Å². The normalized spacial score (nSPS) is 12.8. The van der Waals surface area contributed by atoms with Gasteiger partial charge in [0.15, 0.2) is 0 Å². The van der Waals surface area contributed by atoms with Gasteiger partial charge in [-0.25, -0.2) is 0 Å². The van der Waals surface area contributed by atoms with Crippen molar-refractivity contribution in [2.75, 3.05) is 6.54 Å². The van der Waals surface area contributed by atoms with Crippen LogP contribution in [0.15, 0.2) is 18.3 Å². The Morgan fingerprint density at radius 2 is 2.21 bits per heavy atom. The lowest BCUT2D eigenvalue weighted by Gasteiger charge is -2.15. The number of nitrogens with zero attached hydrogens (tertiary/aromatic N) is 1. The monoisotopic (exact) mass is 212 g/mol. The average Bonchev–Trinajstić information content (AvgIpc) is 2.21. The molecule has 1 N–H and O–H groups in total. The van der Waals surface area contributed by atoms with Crippen molar-refractivity contribution < 1.29 is 0 Å². The first kappa shape index (κ1) is 11.5. The smallest absolute Gasteiger partial charge is 0.0589 e. The maximum Gasteiger partial charge on any atom is 0.0589 e. The summed E-state index contributed by atoms with van der Waals surface area (Å²) in [7, 11) is 0. The number of halogens is 1. The highest BCUT2D eigenvalue weighted by molar-refractivity contribution is 6.30. The molecule has 1 rings (SSSR count). The van der Waals surface area contributed by atoms with Crippen molar-refractivity contribution >= 4 is 11.6 Å². The molecule has 1 aromatic rings. The molecule has 1 aromatic heterocycles. The fourth-order valence-corrected chi connectivity index (χ4v) is 1.48. The van der Waals surface area contributed by atoms with Crippen LogP contribution in [0.3, 0.4) is 0 Å². The third kappa shape index (κ3) is 3.28. The van der Waals surface area contributed by atoms with Crippen LogP contribution in [0.25, 0.3) is 0 Å². The molecule has 2 nitrogen and oxygen atoms in total. The minimum atomic E-state index is 0.354. The van der Waals surface area contributed by atoms with E-state index in [0.717, 1.165) is 25.1 Å². The van der Waals surface area contributed by atoms with Crippen LogP contribution >= 0.6 is 11.6 Å². The van der Waals surface area contributed by atoms with E-state index in [1.807, 2.05) is 12.1 Å². The zero-order valence-corrected chi connectivity index (χ0v) is 9.51. The van der Waals surface area contributed by atoms with Crippen molar-refractivity contribution in [2.45, 2.75) is 32.7 Å². The highest BCUT2D eigenvalue weighted by atomic mass is 35.5. The summed E-state index contributed by atoms with van der Waals surface area (Å²) in [6, 6.07) is 4.23. The minimum absolute atomic E-state index is 0.354. The lowest BCUT2D eigenvalue weighted by molar-refractivity contribution is 0.507. The van der Waals surface area contributed by atoms with Crippen LogP contribution in [0, 0.1) is 0 Å². The predicted octanol–water partition coefficient (Wildman–Crippen LogP) is 3.19. The van der Waals surface area contributed by atoms with Gasteiger partial charge < -0.3 is 5.32 Å². The molecule has 0 amide bonds. The minimum Gasteiger partial charge on any atom is -0.309 e. The molecule has 0 aliphatic heterocycles. The summed E-state index contributed by atoms with van der Waals surface area (Å²) in [5.41, 5.74) is 1.07. The molecule has 0 saturated heterocycles. The third-order valence-electron chi connectivity index (χ3n) is 2.16. The van der Waals surface area contributed by atoms with Gasteiger partial charge in [-0.2, -0.15) is 0 Å². The zero-order chi connectivity index (χ0) is 10.4. The van der Waals surface area contributed by atoms with Gasteiger partial charge in [0.1, 0.15) is 0 Å².